The molecule has 0 saturated carbocycles. The van der Waals surface area contributed by atoms with Gasteiger partial charge in [-0.2, -0.15) is 0 Å². The molecule has 0 aliphatic heterocycles. The van der Waals surface area contributed by atoms with E-state index in [-0.39, 0.29) is 40.8 Å². The molecule has 0 heterocycles. The molecule has 0 atom stereocenters. The number of ketones is 3. The fraction of sp³-hybridized carbons (Fsp3) is 0.190. The summed E-state index contributed by atoms with van der Waals surface area (Å²) in [6.45, 7) is 3.84. The highest BCUT2D eigenvalue weighted by atomic mass is 16.2. The van der Waals surface area contributed by atoms with Crippen molar-refractivity contribution in [1.29, 1.82) is 0 Å². The van der Waals surface area contributed by atoms with Crippen molar-refractivity contribution in [3.05, 3.63) is 76.9 Å². The normalized spacial score (nSPS) is 14.1. The zero-order valence-electron chi connectivity index (χ0n) is 13.7. The van der Waals surface area contributed by atoms with Gasteiger partial charge in [-0.1, -0.05) is 68.4 Å². The van der Waals surface area contributed by atoms with Gasteiger partial charge in [0.05, 0.1) is 5.57 Å². The zero-order chi connectivity index (χ0) is 17.3. The summed E-state index contributed by atoms with van der Waals surface area (Å²) in [5, 5.41) is 0. The lowest BCUT2D eigenvalue weighted by Crippen LogP contribution is -2.26. The maximum absolute atomic E-state index is 13.0. The highest BCUT2D eigenvalue weighted by Gasteiger charge is 2.35. The van der Waals surface area contributed by atoms with Gasteiger partial charge in [0.25, 0.3) is 0 Å². The molecule has 0 spiro atoms. The Hall–Kier alpha value is -2.81. The summed E-state index contributed by atoms with van der Waals surface area (Å²) in [5.41, 5.74) is 1.54. The first-order chi connectivity index (χ1) is 11.5. The first-order valence-corrected chi connectivity index (χ1v) is 8.02. The van der Waals surface area contributed by atoms with Gasteiger partial charge in [-0.05, 0) is 11.5 Å². The molecule has 0 unspecified atom stereocenters. The lowest BCUT2D eigenvalue weighted by atomic mass is 9.78. The zero-order valence-corrected chi connectivity index (χ0v) is 13.7. The lowest BCUT2D eigenvalue weighted by Gasteiger charge is -2.21. The minimum absolute atomic E-state index is 0.0265. The summed E-state index contributed by atoms with van der Waals surface area (Å²) in [6, 6.07) is 15.6. The third kappa shape index (κ3) is 2.73. The van der Waals surface area contributed by atoms with Gasteiger partial charge in [0, 0.05) is 23.1 Å². The highest BCUT2D eigenvalue weighted by molar-refractivity contribution is 6.47. The van der Waals surface area contributed by atoms with Gasteiger partial charge in [0.15, 0.2) is 17.3 Å². The van der Waals surface area contributed by atoms with Crippen LogP contribution in [0.2, 0.25) is 0 Å². The molecule has 0 fully saturated rings. The van der Waals surface area contributed by atoms with Crippen LogP contribution in [0.15, 0.2) is 60.2 Å². The third-order valence-electron chi connectivity index (χ3n) is 4.06. The molecule has 1 aliphatic rings. The standard InChI is InChI=1S/C21H18O3/c1-13(2)12-17(22)19-18(14-8-4-3-5-9-14)20(23)15-10-6-7-11-16(15)21(19)24/h3-11,13H,12H2,1-2H3. The van der Waals surface area contributed by atoms with E-state index in [9.17, 15) is 14.4 Å². The van der Waals surface area contributed by atoms with E-state index >= 15 is 0 Å². The number of rotatable bonds is 4. The lowest BCUT2D eigenvalue weighted by molar-refractivity contribution is -0.115. The Kier molecular flexibility index (Phi) is 4.26. The minimum atomic E-state index is -0.352. The topological polar surface area (TPSA) is 51.2 Å². The van der Waals surface area contributed by atoms with Gasteiger partial charge in [-0.15, -0.1) is 0 Å². The number of carbonyl (C=O) groups is 3. The Morgan fingerprint density at radius 3 is 1.96 bits per heavy atom. The molecule has 3 nitrogen and oxygen atoms in total. The van der Waals surface area contributed by atoms with Gasteiger partial charge >= 0.3 is 0 Å². The van der Waals surface area contributed by atoms with Crippen molar-refractivity contribution in [3.63, 3.8) is 0 Å². The molecular weight excluding hydrogens is 300 g/mol. The molecule has 24 heavy (non-hydrogen) atoms. The number of hydrogen-bond acceptors (Lipinski definition) is 3. The van der Waals surface area contributed by atoms with Crippen molar-refractivity contribution in [1.82, 2.24) is 0 Å². The van der Waals surface area contributed by atoms with Crippen molar-refractivity contribution in [3.8, 4) is 0 Å². The fourth-order valence-electron chi connectivity index (χ4n) is 2.99. The molecule has 3 rings (SSSR count). The van der Waals surface area contributed by atoms with E-state index in [1.54, 1.807) is 48.5 Å². The highest BCUT2D eigenvalue weighted by Crippen LogP contribution is 2.33. The summed E-state index contributed by atoms with van der Waals surface area (Å²) >= 11 is 0. The maximum Gasteiger partial charge on any atom is 0.198 e. The Bertz CT molecular complexity index is 858. The molecular formula is C21H18O3. The average Bonchev–Trinajstić information content (AvgIpc) is 2.58. The van der Waals surface area contributed by atoms with E-state index in [2.05, 4.69) is 0 Å². The molecule has 2 aromatic carbocycles. The second kappa shape index (κ2) is 6.36. The van der Waals surface area contributed by atoms with E-state index in [0.717, 1.165) is 0 Å². The predicted octanol–water partition coefficient (Wildman–Crippen LogP) is 4.13. The van der Waals surface area contributed by atoms with Crippen LogP contribution < -0.4 is 0 Å². The molecule has 2 aromatic rings. The summed E-state index contributed by atoms with van der Waals surface area (Å²) in [6.07, 6.45) is 0.243. The monoisotopic (exact) mass is 318 g/mol. The Morgan fingerprint density at radius 1 is 0.833 bits per heavy atom. The molecule has 3 heteroatoms. The summed E-state index contributed by atoms with van der Waals surface area (Å²) < 4.78 is 0. The van der Waals surface area contributed by atoms with Crippen molar-refractivity contribution >= 4 is 22.9 Å². The predicted molar refractivity (Wildman–Crippen MR) is 92.9 cm³/mol. The van der Waals surface area contributed by atoms with Gasteiger partial charge in [0.2, 0.25) is 0 Å². The quantitative estimate of drug-likeness (QED) is 0.796. The van der Waals surface area contributed by atoms with Gasteiger partial charge < -0.3 is 0 Å². The Balaban J connectivity index is 2.25. The van der Waals surface area contributed by atoms with E-state index < -0.39 is 0 Å². The minimum Gasteiger partial charge on any atom is -0.294 e. The molecule has 0 N–H and O–H groups in total. The van der Waals surface area contributed by atoms with Crippen LogP contribution in [0.4, 0.5) is 0 Å². The molecule has 0 saturated heterocycles. The summed E-state index contributed by atoms with van der Waals surface area (Å²) in [4.78, 5) is 38.7. The molecule has 0 radical (unpaired) electrons. The van der Waals surface area contributed by atoms with Gasteiger partial charge in [-0.3, -0.25) is 14.4 Å². The molecule has 120 valence electrons. The Morgan fingerprint density at radius 2 is 1.38 bits per heavy atom. The first-order valence-electron chi connectivity index (χ1n) is 8.02. The van der Waals surface area contributed by atoms with Crippen molar-refractivity contribution in [2.75, 3.05) is 0 Å². The van der Waals surface area contributed by atoms with Crippen LogP contribution in [0.3, 0.4) is 0 Å². The second-order valence-electron chi connectivity index (χ2n) is 6.34. The second-order valence-corrected chi connectivity index (χ2v) is 6.34. The number of allylic oxidation sites excluding steroid dienone is 2. The summed E-state index contributed by atoms with van der Waals surface area (Å²) in [5.74, 6) is -0.767. The van der Waals surface area contributed by atoms with Crippen LogP contribution in [0, 0.1) is 5.92 Å². The van der Waals surface area contributed by atoms with Crippen LogP contribution in [0.25, 0.3) is 5.57 Å². The van der Waals surface area contributed by atoms with E-state index in [0.29, 0.717) is 16.7 Å². The van der Waals surface area contributed by atoms with Crippen molar-refractivity contribution in [2.45, 2.75) is 20.3 Å². The molecule has 1 aliphatic carbocycles. The summed E-state index contributed by atoms with van der Waals surface area (Å²) in [7, 11) is 0. The van der Waals surface area contributed by atoms with E-state index in [4.69, 9.17) is 0 Å². The van der Waals surface area contributed by atoms with E-state index in [1.165, 1.54) is 0 Å². The number of benzene rings is 2. The molecule has 0 amide bonds. The molecule has 0 aromatic heterocycles. The number of carbonyl (C=O) groups excluding carboxylic acids is 3. The van der Waals surface area contributed by atoms with Crippen LogP contribution >= 0.6 is 0 Å². The first kappa shape index (κ1) is 16.1. The van der Waals surface area contributed by atoms with Crippen LogP contribution in [-0.2, 0) is 4.79 Å². The van der Waals surface area contributed by atoms with Gasteiger partial charge in [0.1, 0.15) is 0 Å². The van der Waals surface area contributed by atoms with Gasteiger partial charge in [-0.25, -0.2) is 0 Å². The number of fused-ring (bicyclic) bond motifs is 1. The van der Waals surface area contributed by atoms with Crippen LogP contribution in [0.5, 0.6) is 0 Å². The molecule has 0 bridgehead atoms. The van der Waals surface area contributed by atoms with Crippen LogP contribution in [-0.4, -0.2) is 17.3 Å². The Labute approximate surface area is 141 Å². The largest absolute Gasteiger partial charge is 0.294 e. The number of hydrogen-bond donors (Lipinski definition) is 0. The van der Waals surface area contributed by atoms with Crippen molar-refractivity contribution < 1.29 is 14.4 Å². The average molecular weight is 318 g/mol. The van der Waals surface area contributed by atoms with E-state index in [1.807, 2.05) is 19.9 Å². The third-order valence-corrected chi connectivity index (χ3v) is 4.06. The SMILES string of the molecule is CC(C)CC(=O)C1=C(c2ccccc2)C(=O)c2ccccc2C1=O. The maximum atomic E-state index is 13.0. The van der Waals surface area contributed by atoms with Crippen molar-refractivity contribution in [2.24, 2.45) is 5.92 Å². The van der Waals surface area contributed by atoms with Crippen LogP contribution in [0.1, 0.15) is 46.5 Å². The smallest absolute Gasteiger partial charge is 0.198 e. The number of Topliss-reactive ketones (excluding diaryl/α,β-unsaturated/α-hetero) is 3. The fourth-order valence-corrected chi connectivity index (χ4v) is 2.99.